The van der Waals surface area contributed by atoms with Crippen molar-refractivity contribution in [2.45, 2.75) is 50.0 Å². The largest absolute Gasteiger partial charge is 0.497 e. The van der Waals surface area contributed by atoms with E-state index in [1.165, 1.54) is 31.0 Å². The first-order valence-corrected chi connectivity index (χ1v) is 14.0. The van der Waals surface area contributed by atoms with Crippen LogP contribution in [0, 0.1) is 0 Å². The number of methoxy groups -OCH3 is 1. The van der Waals surface area contributed by atoms with Crippen LogP contribution < -0.4 is 10.4 Å². The minimum atomic E-state index is -4.70. The number of ether oxygens (including phenoxy) is 2. The van der Waals surface area contributed by atoms with Gasteiger partial charge in [0.1, 0.15) is 18.1 Å². The first-order valence-electron chi connectivity index (χ1n) is 14.0. The second-order valence-electron chi connectivity index (χ2n) is 11.7. The van der Waals surface area contributed by atoms with Crippen molar-refractivity contribution in [2.24, 2.45) is 4.99 Å². The molecule has 8 nitrogen and oxygen atoms in total. The molecule has 12 heteroatoms. The van der Waals surface area contributed by atoms with E-state index in [0.717, 1.165) is 16.0 Å². The van der Waals surface area contributed by atoms with Crippen LogP contribution in [-0.2, 0) is 22.9 Å². The van der Waals surface area contributed by atoms with Crippen LogP contribution in [0.2, 0.25) is 0 Å². The fraction of sp³-hybridized carbons (Fsp3) is 0.452. The number of halogens is 4. The van der Waals surface area contributed by atoms with Gasteiger partial charge in [-0.3, -0.25) is 13.9 Å². The number of amidine groups is 1. The highest BCUT2D eigenvalue weighted by molar-refractivity contribution is 5.83. The molecule has 0 bridgehead atoms. The molecule has 4 heterocycles. The van der Waals surface area contributed by atoms with Gasteiger partial charge in [0.25, 0.3) is 5.84 Å². The van der Waals surface area contributed by atoms with Crippen LogP contribution in [0.4, 0.5) is 17.6 Å². The Bertz CT molecular complexity index is 1640. The van der Waals surface area contributed by atoms with Crippen molar-refractivity contribution < 1.29 is 31.6 Å². The fourth-order valence-corrected chi connectivity index (χ4v) is 5.75. The van der Waals surface area contributed by atoms with Gasteiger partial charge < -0.3 is 9.47 Å². The Morgan fingerprint density at radius 3 is 2.44 bits per heavy atom. The van der Waals surface area contributed by atoms with E-state index in [1.54, 1.807) is 22.9 Å². The van der Waals surface area contributed by atoms with E-state index in [0.29, 0.717) is 68.4 Å². The van der Waals surface area contributed by atoms with E-state index in [1.807, 2.05) is 18.0 Å². The molecule has 2 aliphatic rings. The van der Waals surface area contributed by atoms with Crippen molar-refractivity contribution in [3.05, 3.63) is 76.6 Å². The predicted octanol–water partition coefficient (Wildman–Crippen LogP) is 4.98. The van der Waals surface area contributed by atoms with Gasteiger partial charge in [0, 0.05) is 38.1 Å². The lowest BCUT2D eigenvalue weighted by atomic mass is 9.75. The Balaban J connectivity index is 1.59. The second-order valence-corrected chi connectivity index (χ2v) is 11.7. The maximum Gasteiger partial charge on any atom is 0.418 e. The quantitative estimate of drug-likeness (QED) is 0.158. The highest BCUT2D eigenvalue weighted by Gasteiger charge is 2.44. The number of aromatic nitrogens is 2. The minimum Gasteiger partial charge on any atom is -0.497 e. The number of alkyl halides is 4. The summed E-state index contributed by atoms with van der Waals surface area (Å²) >= 11 is 0. The molecule has 43 heavy (non-hydrogen) atoms. The van der Waals surface area contributed by atoms with Crippen LogP contribution in [0.25, 0.3) is 11.2 Å². The average molecular weight is 603 g/mol. The lowest BCUT2D eigenvalue weighted by Gasteiger charge is -2.41. The molecule has 1 aromatic carbocycles. The van der Waals surface area contributed by atoms with Crippen LogP contribution in [0.15, 0.2) is 59.2 Å². The Morgan fingerprint density at radius 1 is 1.19 bits per heavy atom. The lowest BCUT2D eigenvalue weighted by Crippen LogP contribution is -2.48. The molecule has 0 aliphatic carbocycles. The molecule has 2 aliphatic heterocycles. The lowest BCUT2D eigenvalue weighted by molar-refractivity contribution is -0.424. The summed E-state index contributed by atoms with van der Waals surface area (Å²) in [6, 6.07) is 6.30. The minimum absolute atomic E-state index is 0.174. The molecule has 0 unspecified atom stereocenters. The molecule has 0 amide bonds. The van der Waals surface area contributed by atoms with E-state index < -0.39 is 28.5 Å². The maximum absolute atomic E-state index is 14.3. The van der Waals surface area contributed by atoms with Crippen molar-refractivity contribution in [3.8, 4) is 11.4 Å². The number of hydrogen-bond donors (Lipinski definition) is 0. The third kappa shape index (κ3) is 6.03. The van der Waals surface area contributed by atoms with Crippen molar-refractivity contribution in [1.82, 2.24) is 13.9 Å². The van der Waals surface area contributed by atoms with Crippen LogP contribution in [0.5, 0.6) is 5.75 Å². The van der Waals surface area contributed by atoms with Gasteiger partial charge in [-0.25, -0.2) is 13.8 Å². The topological polar surface area (TPSA) is 63.5 Å². The number of piperidine rings is 1. The van der Waals surface area contributed by atoms with Crippen LogP contribution in [0.1, 0.15) is 42.9 Å². The van der Waals surface area contributed by atoms with E-state index in [2.05, 4.69) is 18.3 Å². The smallest absolute Gasteiger partial charge is 0.418 e. The monoisotopic (exact) mass is 602 g/mol. The zero-order chi connectivity index (χ0) is 31.2. The standard InChI is InChI=1S/C31H36F4N5O3/c1-6-37(4)27(36-3)15-30(19-43-20-30)22-12-23(14-24(13-22)42-5)39-18-26-25(31(33,34)35)11-21(17-40(26)28(39)41)16-38-9-7-29(2,32)8-10-38/h6,11-14,17-18H,1,3,7-10,15-16,19-20H2,2,4-5H3/q+1. The van der Waals surface area contributed by atoms with Gasteiger partial charge in [0.05, 0.1) is 62.2 Å². The third-order valence-electron chi connectivity index (χ3n) is 8.57. The van der Waals surface area contributed by atoms with Crippen molar-refractivity contribution in [3.63, 3.8) is 0 Å². The summed E-state index contributed by atoms with van der Waals surface area (Å²) in [4.78, 5) is 19.8. The first-order chi connectivity index (χ1) is 20.3. The van der Waals surface area contributed by atoms with Gasteiger partial charge in [0.2, 0.25) is 0 Å². The molecule has 0 atom stereocenters. The van der Waals surface area contributed by atoms with Gasteiger partial charge in [0.15, 0.2) is 0 Å². The summed E-state index contributed by atoms with van der Waals surface area (Å²) in [5.74, 6) is 1.11. The number of imidazole rings is 1. The number of aliphatic imine (C=N–C) groups is 1. The molecule has 0 radical (unpaired) electrons. The zero-order valence-electron chi connectivity index (χ0n) is 24.6. The van der Waals surface area contributed by atoms with E-state index in [-0.39, 0.29) is 12.1 Å². The number of fused-ring (bicyclic) bond motifs is 1. The number of pyridine rings is 1. The van der Waals surface area contributed by atoms with Gasteiger partial charge >= 0.3 is 11.9 Å². The summed E-state index contributed by atoms with van der Waals surface area (Å²) in [6.45, 7) is 10.8. The van der Waals surface area contributed by atoms with E-state index >= 15 is 0 Å². The molecule has 3 aromatic rings. The number of likely N-dealkylation sites (tertiary alicyclic amines) is 1. The maximum atomic E-state index is 14.3. The van der Waals surface area contributed by atoms with Crippen molar-refractivity contribution in [1.29, 1.82) is 0 Å². The summed E-state index contributed by atoms with van der Waals surface area (Å²) < 4.78 is 72.4. The third-order valence-corrected chi connectivity index (χ3v) is 8.57. The number of nitrogens with zero attached hydrogens (tertiary/aromatic N) is 5. The zero-order valence-corrected chi connectivity index (χ0v) is 24.6. The van der Waals surface area contributed by atoms with Gasteiger partial charge in [-0.15, -0.1) is 0 Å². The molecular weight excluding hydrogens is 566 g/mol. The molecule has 2 saturated heterocycles. The van der Waals surface area contributed by atoms with Gasteiger partial charge in [-0.05, 0) is 49.1 Å². The summed E-state index contributed by atoms with van der Waals surface area (Å²) in [7, 11) is 3.30. The molecule has 2 aromatic heterocycles. The Morgan fingerprint density at radius 2 is 1.88 bits per heavy atom. The van der Waals surface area contributed by atoms with E-state index in [4.69, 9.17) is 9.47 Å². The van der Waals surface area contributed by atoms with Crippen LogP contribution in [-0.4, -0.2) is 77.1 Å². The summed E-state index contributed by atoms with van der Waals surface area (Å²) in [6.07, 6.45) is 0.628. The Kier molecular flexibility index (Phi) is 8.12. The molecule has 2 fully saturated rings. The number of rotatable bonds is 8. The fourth-order valence-electron chi connectivity index (χ4n) is 5.75. The van der Waals surface area contributed by atoms with Crippen molar-refractivity contribution >= 4 is 18.1 Å². The average Bonchev–Trinajstić information content (AvgIpc) is 3.28. The molecule has 5 rings (SSSR count). The van der Waals surface area contributed by atoms with Gasteiger partial charge in [-0.2, -0.15) is 13.2 Å². The Labute approximate surface area is 247 Å². The Hall–Kier alpha value is -3.77. The summed E-state index contributed by atoms with van der Waals surface area (Å²) in [5.41, 5.74) is -2.16. The van der Waals surface area contributed by atoms with Crippen molar-refractivity contribution in [2.75, 3.05) is 40.5 Å². The molecule has 230 valence electrons. The summed E-state index contributed by atoms with van der Waals surface area (Å²) in [5, 5.41) is 0. The molecule has 0 saturated carbocycles. The SMILES string of the molecule is C=C[N+](C)=C(CC1(c2cc(OC)cc(-n3cc4c(C(F)(F)F)cc(CN5CCC(C)(F)CC5)cn4c3=O)c2)COC1)N=C. The van der Waals surface area contributed by atoms with E-state index in [9.17, 15) is 22.4 Å². The van der Waals surface area contributed by atoms with Crippen LogP contribution >= 0.6 is 0 Å². The highest BCUT2D eigenvalue weighted by atomic mass is 19.4. The van der Waals surface area contributed by atoms with Crippen LogP contribution in [0.3, 0.4) is 0 Å². The normalized spacial score (nSPS) is 19.0. The van der Waals surface area contributed by atoms with Gasteiger partial charge in [-0.1, -0.05) is 11.6 Å². The molecule has 0 N–H and O–H groups in total. The first kappa shape index (κ1) is 30.7. The molecule has 0 spiro atoms. The molecular formula is C31H36F4N5O3+. The highest BCUT2D eigenvalue weighted by Crippen LogP contribution is 2.40. The number of benzene rings is 1. The second kappa shape index (κ2) is 11.4. The number of hydrogen-bond acceptors (Lipinski definition) is 4. The predicted molar refractivity (Wildman–Crippen MR) is 157 cm³/mol.